The average Bonchev–Trinajstić information content (AvgIpc) is 2.48. The molecule has 0 radical (unpaired) electrons. The monoisotopic (exact) mass is 363 g/mol. The largest absolute Gasteiger partial charge is 0.504 e. The van der Waals surface area contributed by atoms with Crippen molar-refractivity contribution >= 4 is 17.0 Å². The van der Waals surface area contributed by atoms with Crippen LogP contribution >= 0.6 is 17.0 Å². The average molecular weight is 364 g/mol. The van der Waals surface area contributed by atoms with Gasteiger partial charge in [-0.05, 0) is 55.8 Å². The summed E-state index contributed by atoms with van der Waals surface area (Å²) in [5.74, 6) is 0.201. The van der Waals surface area contributed by atoms with Gasteiger partial charge < -0.3 is 15.1 Å². The summed E-state index contributed by atoms with van der Waals surface area (Å²) < 4.78 is 0. The van der Waals surface area contributed by atoms with Crippen LogP contribution in [-0.2, 0) is 6.42 Å². The van der Waals surface area contributed by atoms with Crippen molar-refractivity contribution in [2.45, 2.75) is 24.8 Å². The van der Waals surface area contributed by atoms with Gasteiger partial charge in [-0.3, -0.25) is 0 Å². The number of likely N-dealkylation sites (N-methyl/N-ethyl adjacent to an activating group) is 1. The zero-order valence-electron chi connectivity index (χ0n) is 12.9. The lowest BCUT2D eigenvalue weighted by atomic mass is 9.76. The molecule has 0 spiro atoms. The molecular formula is C18H22BrNO2. The predicted molar refractivity (Wildman–Crippen MR) is 94.2 cm³/mol. The van der Waals surface area contributed by atoms with Gasteiger partial charge in [-0.1, -0.05) is 30.3 Å². The second-order valence-electron chi connectivity index (χ2n) is 6.06. The van der Waals surface area contributed by atoms with Crippen molar-refractivity contribution in [2.75, 3.05) is 14.1 Å². The number of halogens is 1. The third-order valence-electron chi connectivity index (χ3n) is 4.51. The maximum absolute atomic E-state index is 9.85. The molecule has 2 atom stereocenters. The summed E-state index contributed by atoms with van der Waals surface area (Å²) in [5, 5.41) is 19.6. The second-order valence-corrected chi connectivity index (χ2v) is 6.06. The van der Waals surface area contributed by atoms with Crippen molar-refractivity contribution in [3.63, 3.8) is 0 Å². The molecule has 3 rings (SSSR count). The van der Waals surface area contributed by atoms with Gasteiger partial charge in [-0.25, -0.2) is 0 Å². The first kappa shape index (κ1) is 16.8. The van der Waals surface area contributed by atoms with Crippen molar-refractivity contribution in [1.82, 2.24) is 4.90 Å². The number of hydrogen-bond acceptors (Lipinski definition) is 3. The Morgan fingerprint density at radius 2 is 1.64 bits per heavy atom. The fraction of sp³-hybridized carbons (Fsp3) is 0.333. The standard InChI is InChI=1S/C18H21NO2.BrH/c1-19(2)14-8-13-9-17(20)18(21)11-16(13)15(10-14)12-6-4-3-5-7-12;/h3-7,9,11,14-15,20-21H,8,10H2,1-2H3;1H. The molecule has 0 amide bonds. The molecular weight excluding hydrogens is 342 g/mol. The van der Waals surface area contributed by atoms with Gasteiger partial charge in [0, 0.05) is 12.0 Å². The molecule has 0 heterocycles. The smallest absolute Gasteiger partial charge is 0.157 e. The van der Waals surface area contributed by atoms with Gasteiger partial charge in [0.25, 0.3) is 0 Å². The SMILES string of the molecule is Br.CN(C)C1Cc2cc(O)c(O)cc2C(c2ccccc2)C1. The number of rotatable bonds is 2. The number of phenols is 2. The minimum absolute atomic E-state index is 0. The molecule has 0 saturated carbocycles. The normalized spacial score (nSPS) is 20.3. The number of phenolic OH excluding ortho intramolecular Hbond substituents is 2. The molecule has 1 aliphatic rings. The lowest BCUT2D eigenvalue weighted by Gasteiger charge is -2.35. The molecule has 118 valence electrons. The molecule has 0 aliphatic heterocycles. The predicted octanol–water partition coefficient (Wildman–Crippen LogP) is 3.68. The first-order valence-corrected chi connectivity index (χ1v) is 7.32. The molecule has 1 aliphatic carbocycles. The molecule has 22 heavy (non-hydrogen) atoms. The van der Waals surface area contributed by atoms with Crippen LogP contribution in [-0.4, -0.2) is 35.3 Å². The zero-order valence-corrected chi connectivity index (χ0v) is 14.6. The molecule has 0 saturated heterocycles. The maximum Gasteiger partial charge on any atom is 0.157 e. The molecule has 0 aromatic heterocycles. The number of aromatic hydroxyl groups is 2. The second kappa shape index (κ2) is 6.71. The summed E-state index contributed by atoms with van der Waals surface area (Å²) in [7, 11) is 4.19. The van der Waals surface area contributed by atoms with Gasteiger partial charge >= 0.3 is 0 Å². The van der Waals surface area contributed by atoms with Gasteiger partial charge in [0.15, 0.2) is 11.5 Å². The Labute approximate surface area is 142 Å². The lowest BCUT2D eigenvalue weighted by molar-refractivity contribution is 0.257. The number of benzene rings is 2. The summed E-state index contributed by atoms with van der Waals surface area (Å²) in [5.41, 5.74) is 3.52. The first-order valence-electron chi connectivity index (χ1n) is 7.32. The zero-order chi connectivity index (χ0) is 15.0. The van der Waals surface area contributed by atoms with E-state index in [-0.39, 0.29) is 34.4 Å². The van der Waals surface area contributed by atoms with Crippen molar-refractivity contribution in [3.8, 4) is 11.5 Å². The fourth-order valence-electron chi connectivity index (χ4n) is 3.27. The highest BCUT2D eigenvalue weighted by molar-refractivity contribution is 8.93. The number of fused-ring (bicyclic) bond motifs is 1. The van der Waals surface area contributed by atoms with Crippen molar-refractivity contribution in [1.29, 1.82) is 0 Å². The molecule has 0 fully saturated rings. The Kier molecular flexibility index (Phi) is 5.14. The van der Waals surface area contributed by atoms with E-state index in [1.807, 2.05) is 6.07 Å². The molecule has 4 heteroatoms. The highest BCUT2D eigenvalue weighted by Gasteiger charge is 2.30. The molecule has 2 unspecified atom stereocenters. The molecule has 2 N–H and O–H groups in total. The third-order valence-corrected chi connectivity index (χ3v) is 4.51. The minimum atomic E-state index is -0.0296. The summed E-state index contributed by atoms with van der Waals surface area (Å²) >= 11 is 0. The van der Waals surface area contributed by atoms with Gasteiger partial charge in [0.1, 0.15) is 0 Å². The third kappa shape index (κ3) is 3.13. The van der Waals surface area contributed by atoms with Crippen molar-refractivity contribution in [2.24, 2.45) is 0 Å². The number of hydrogen-bond donors (Lipinski definition) is 2. The van der Waals surface area contributed by atoms with Crippen LogP contribution in [0.2, 0.25) is 0 Å². The Bertz CT molecular complexity index is 643. The van der Waals surface area contributed by atoms with E-state index >= 15 is 0 Å². The van der Waals surface area contributed by atoms with Crippen molar-refractivity contribution < 1.29 is 10.2 Å². The summed E-state index contributed by atoms with van der Waals surface area (Å²) in [6.45, 7) is 0. The van der Waals surface area contributed by atoms with E-state index < -0.39 is 0 Å². The van der Waals surface area contributed by atoms with Crippen LogP contribution in [0.25, 0.3) is 0 Å². The topological polar surface area (TPSA) is 43.7 Å². The van der Waals surface area contributed by atoms with Gasteiger partial charge in [-0.2, -0.15) is 0 Å². The minimum Gasteiger partial charge on any atom is -0.504 e. The summed E-state index contributed by atoms with van der Waals surface area (Å²) in [4.78, 5) is 2.24. The maximum atomic E-state index is 9.85. The van der Waals surface area contributed by atoms with E-state index in [1.165, 1.54) is 5.56 Å². The van der Waals surface area contributed by atoms with E-state index in [0.29, 0.717) is 6.04 Å². The van der Waals surface area contributed by atoms with Crippen LogP contribution < -0.4 is 0 Å². The van der Waals surface area contributed by atoms with Crippen LogP contribution in [0.3, 0.4) is 0 Å². The number of nitrogens with zero attached hydrogens (tertiary/aromatic N) is 1. The van der Waals surface area contributed by atoms with E-state index in [9.17, 15) is 10.2 Å². The van der Waals surface area contributed by atoms with E-state index in [0.717, 1.165) is 24.0 Å². The molecule has 2 aromatic carbocycles. The van der Waals surface area contributed by atoms with Crippen molar-refractivity contribution in [3.05, 3.63) is 59.2 Å². The van der Waals surface area contributed by atoms with Crippen LogP contribution in [0.15, 0.2) is 42.5 Å². The van der Waals surface area contributed by atoms with Gasteiger partial charge in [0.2, 0.25) is 0 Å². The Hall–Kier alpha value is -1.52. The van der Waals surface area contributed by atoms with E-state index in [4.69, 9.17) is 0 Å². The van der Waals surface area contributed by atoms with Crippen LogP contribution in [0.5, 0.6) is 11.5 Å². The molecule has 2 aromatic rings. The first-order chi connectivity index (χ1) is 10.1. The molecule has 3 nitrogen and oxygen atoms in total. The highest BCUT2D eigenvalue weighted by Crippen LogP contribution is 2.42. The Morgan fingerprint density at radius 1 is 1.00 bits per heavy atom. The van der Waals surface area contributed by atoms with Crippen LogP contribution in [0, 0.1) is 0 Å². The Balaban J connectivity index is 0.00000176. The summed E-state index contributed by atoms with van der Waals surface area (Å²) in [6, 6.07) is 14.3. The van der Waals surface area contributed by atoms with Gasteiger partial charge in [-0.15, -0.1) is 17.0 Å². The van der Waals surface area contributed by atoms with E-state index in [2.05, 4.69) is 43.3 Å². The lowest BCUT2D eigenvalue weighted by Crippen LogP contribution is -2.35. The van der Waals surface area contributed by atoms with Gasteiger partial charge in [0.05, 0.1) is 0 Å². The van der Waals surface area contributed by atoms with Crippen LogP contribution in [0.4, 0.5) is 0 Å². The fourth-order valence-corrected chi connectivity index (χ4v) is 3.27. The summed E-state index contributed by atoms with van der Waals surface area (Å²) in [6.07, 6.45) is 1.92. The Morgan fingerprint density at radius 3 is 2.27 bits per heavy atom. The van der Waals surface area contributed by atoms with Crippen LogP contribution in [0.1, 0.15) is 29.0 Å². The molecule has 0 bridgehead atoms. The quantitative estimate of drug-likeness (QED) is 0.799. The highest BCUT2D eigenvalue weighted by atomic mass is 79.9. The van der Waals surface area contributed by atoms with E-state index in [1.54, 1.807) is 12.1 Å².